The number of nitrogens with one attached hydrogen (secondary N) is 2. The third-order valence-electron chi connectivity index (χ3n) is 4.84. The average molecular weight is 389 g/mol. The quantitative estimate of drug-likeness (QED) is 0.339. The van der Waals surface area contributed by atoms with Gasteiger partial charge in [-0.15, -0.1) is 0 Å². The Morgan fingerprint density at radius 2 is 1.43 bits per heavy atom. The number of carbonyl (C=O) groups excluding carboxylic acids is 2. The van der Waals surface area contributed by atoms with Crippen molar-refractivity contribution in [2.24, 2.45) is 0 Å². The predicted molar refractivity (Wildman–Crippen MR) is 119 cm³/mol. The van der Waals surface area contributed by atoms with E-state index in [1.807, 2.05) is 19.9 Å². The maximum absolute atomic E-state index is 12.1. The Bertz CT molecular complexity index is 569. The van der Waals surface area contributed by atoms with E-state index in [9.17, 15) is 9.59 Å². The number of rotatable bonds is 15. The number of benzene rings is 1. The fourth-order valence-corrected chi connectivity index (χ4v) is 3.26. The lowest BCUT2D eigenvalue weighted by Crippen LogP contribution is -2.30. The fraction of sp³-hybridized carbons (Fsp3) is 0.667. The maximum atomic E-state index is 12.1. The van der Waals surface area contributed by atoms with Crippen LogP contribution in [0.25, 0.3) is 0 Å². The van der Waals surface area contributed by atoms with Crippen molar-refractivity contribution in [2.45, 2.75) is 104 Å². The second-order valence-corrected chi connectivity index (χ2v) is 8.04. The second-order valence-electron chi connectivity index (χ2n) is 8.04. The molecule has 0 aliphatic heterocycles. The van der Waals surface area contributed by atoms with Crippen molar-refractivity contribution < 1.29 is 9.59 Å². The molecule has 4 heteroatoms. The standard InChI is InChI=1S/C24H40N2O2/c1-4-5-6-7-8-9-10-11-12-13-14-18-23(27)26-22-17-15-16-21(19-22)24(28)25-20(2)3/h15-17,19-20H,4-14,18H2,1-3H3,(H,25,28)(H,26,27). The number of anilines is 1. The molecule has 0 fully saturated rings. The van der Waals surface area contributed by atoms with Crippen LogP contribution in [0.3, 0.4) is 0 Å². The minimum absolute atomic E-state index is 0.0253. The zero-order chi connectivity index (χ0) is 20.6. The van der Waals surface area contributed by atoms with Gasteiger partial charge >= 0.3 is 0 Å². The maximum Gasteiger partial charge on any atom is 0.251 e. The van der Waals surface area contributed by atoms with Gasteiger partial charge in [-0.2, -0.15) is 0 Å². The molecule has 0 unspecified atom stereocenters. The number of hydrogen-bond donors (Lipinski definition) is 2. The molecule has 1 aromatic rings. The minimum atomic E-state index is -0.114. The number of hydrogen-bond acceptors (Lipinski definition) is 2. The molecule has 0 saturated heterocycles. The molecule has 0 saturated carbocycles. The summed E-state index contributed by atoms with van der Waals surface area (Å²) in [6.07, 6.45) is 14.6. The molecule has 4 nitrogen and oxygen atoms in total. The van der Waals surface area contributed by atoms with E-state index in [-0.39, 0.29) is 17.9 Å². The molecule has 2 amide bonds. The lowest BCUT2D eigenvalue weighted by Gasteiger charge is -2.10. The van der Waals surface area contributed by atoms with Gasteiger partial charge in [0.2, 0.25) is 5.91 Å². The van der Waals surface area contributed by atoms with Crippen LogP contribution in [0, 0.1) is 0 Å². The lowest BCUT2D eigenvalue weighted by atomic mass is 10.1. The van der Waals surface area contributed by atoms with Crippen LogP contribution in [0.4, 0.5) is 5.69 Å². The first-order valence-corrected chi connectivity index (χ1v) is 11.2. The van der Waals surface area contributed by atoms with E-state index in [0.717, 1.165) is 12.8 Å². The van der Waals surface area contributed by atoms with Crippen molar-refractivity contribution in [1.29, 1.82) is 0 Å². The Morgan fingerprint density at radius 1 is 0.857 bits per heavy atom. The topological polar surface area (TPSA) is 58.2 Å². The van der Waals surface area contributed by atoms with Crippen LogP contribution in [0.15, 0.2) is 24.3 Å². The van der Waals surface area contributed by atoms with Gasteiger partial charge in [-0.1, -0.05) is 77.2 Å². The van der Waals surface area contributed by atoms with Crippen LogP contribution in [-0.2, 0) is 4.79 Å². The summed E-state index contributed by atoms with van der Waals surface area (Å²) in [5.74, 6) is -0.0891. The summed E-state index contributed by atoms with van der Waals surface area (Å²) >= 11 is 0. The molecule has 0 atom stereocenters. The average Bonchev–Trinajstić information content (AvgIpc) is 2.65. The van der Waals surface area contributed by atoms with Gasteiger partial charge in [0.15, 0.2) is 0 Å². The first kappa shape index (κ1) is 24.2. The highest BCUT2D eigenvalue weighted by Gasteiger charge is 2.09. The van der Waals surface area contributed by atoms with Crippen LogP contribution in [-0.4, -0.2) is 17.9 Å². The van der Waals surface area contributed by atoms with Crippen LogP contribution in [0.2, 0.25) is 0 Å². The van der Waals surface area contributed by atoms with Gasteiger partial charge in [-0.3, -0.25) is 9.59 Å². The van der Waals surface area contributed by atoms with Crippen LogP contribution < -0.4 is 10.6 Å². The molecule has 0 heterocycles. The van der Waals surface area contributed by atoms with E-state index in [1.54, 1.807) is 18.2 Å². The molecular formula is C24H40N2O2. The van der Waals surface area contributed by atoms with E-state index in [0.29, 0.717) is 17.7 Å². The number of carbonyl (C=O) groups is 2. The van der Waals surface area contributed by atoms with E-state index in [1.165, 1.54) is 57.8 Å². The third kappa shape index (κ3) is 11.8. The molecule has 2 N–H and O–H groups in total. The minimum Gasteiger partial charge on any atom is -0.350 e. The molecule has 0 bridgehead atoms. The molecule has 0 spiro atoms. The summed E-state index contributed by atoms with van der Waals surface area (Å²) in [4.78, 5) is 24.2. The number of amides is 2. The first-order chi connectivity index (χ1) is 13.5. The molecule has 0 aliphatic rings. The van der Waals surface area contributed by atoms with Crippen molar-refractivity contribution in [3.63, 3.8) is 0 Å². The third-order valence-corrected chi connectivity index (χ3v) is 4.84. The van der Waals surface area contributed by atoms with Crippen molar-refractivity contribution in [3.8, 4) is 0 Å². The van der Waals surface area contributed by atoms with E-state index < -0.39 is 0 Å². The highest BCUT2D eigenvalue weighted by Crippen LogP contribution is 2.14. The molecule has 1 aromatic carbocycles. The van der Waals surface area contributed by atoms with Gasteiger partial charge in [0, 0.05) is 23.7 Å². The van der Waals surface area contributed by atoms with E-state index in [4.69, 9.17) is 0 Å². The fourth-order valence-electron chi connectivity index (χ4n) is 3.26. The van der Waals surface area contributed by atoms with Gasteiger partial charge in [0.1, 0.15) is 0 Å². The molecule has 28 heavy (non-hydrogen) atoms. The Morgan fingerprint density at radius 3 is 2.00 bits per heavy atom. The summed E-state index contributed by atoms with van der Waals surface area (Å²) in [6, 6.07) is 7.21. The van der Waals surface area contributed by atoms with Crippen LogP contribution >= 0.6 is 0 Å². The summed E-state index contributed by atoms with van der Waals surface area (Å²) in [5.41, 5.74) is 1.26. The normalized spacial score (nSPS) is 10.9. The molecule has 0 aromatic heterocycles. The summed E-state index contributed by atoms with van der Waals surface area (Å²) in [6.45, 7) is 6.11. The summed E-state index contributed by atoms with van der Waals surface area (Å²) in [5, 5.41) is 5.77. The summed E-state index contributed by atoms with van der Waals surface area (Å²) in [7, 11) is 0. The Labute approximate surface area is 171 Å². The molecular weight excluding hydrogens is 348 g/mol. The van der Waals surface area contributed by atoms with Gasteiger partial charge in [0.25, 0.3) is 5.91 Å². The molecule has 158 valence electrons. The van der Waals surface area contributed by atoms with Crippen molar-refractivity contribution in [1.82, 2.24) is 5.32 Å². The molecule has 0 aliphatic carbocycles. The first-order valence-electron chi connectivity index (χ1n) is 11.2. The van der Waals surface area contributed by atoms with Crippen LogP contribution in [0.5, 0.6) is 0 Å². The highest BCUT2D eigenvalue weighted by atomic mass is 16.2. The predicted octanol–water partition coefficient (Wildman–Crippen LogP) is 6.46. The zero-order valence-corrected chi connectivity index (χ0v) is 18.2. The monoisotopic (exact) mass is 388 g/mol. The second kappa shape index (κ2) is 15.1. The smallest absolute Gasteiger partial charge is 0.251 e. The Balaban J connectivity index is 2.13. The highest BCUT2D eigenvalue weighted by molar-refractivity contribution is 5.97. The zero-order valence-electron chi connectivity index (χ0n) is 18.2. The Kier molecular flexibility index (Phi) is 13.1. The van der Waals surface area contributed by atoms with Gasteiger partial charge in [-0.05, 0) is 38.5 Å². The van der Waals surface area contributed by atoms with Gasteiger partial charge in [-0.25, -0.2) is 0 Å². The molecule has 0 radical (unpaired) electrons. The van der Waals surface area contributed by atoms with E-state index in [2.05, 4.69) is 17.6 Å². The number of unbranched alkanes of at least 4 members (excludes halogenated alkanes) is 10. The largest absolute Gasteiger partial charge is 0.350 e. The SMILES string of the molecule is CCCCCCCCCCCCCC(=O)Nc1cccc(C(=O)NC(C)C)c1. The molecule has 1 rings (SSSR count). The Hall–Kier alpha value is -1.84. The van der Waals surface area contributed by atoms with Gasteiger partial charge in [0.05, 0.1) is 0 Å². The van der Waals surface area contributed by atoms with Crippen molar-refractivity contribution >= 4 is 17.5 Å². The summed E-state index contributed by atoms with van der Waals surface area (Å²) < 4.78 is 0. The van der Waals surface area contributed by atoms with Crippen LogP contribution in [0.1, 0.15) is 108 Å². The van der Waals surface area contributed by atoms with Crippen molar-refractivity contribution in [2.75, 3.05) is 5.32 Å². The van der Waals surface area contributed by atoms with Crippen molar-refractivity contribution in [3.05, 3.63) is 29.8 Å². The van der Waals surface area contributed by atoms with Gasteiger partial charge < -0.3 is 10.6 Å². The lowest BCUT2D eigenvalue weighted by molar-refractivity contribution is -0.116. The van der Waals surface area contributed by atoms with E-state index >= 15 is 0 Å².